The van der Waals surface area contributed by atoms with Crippen LogP contribution in [0.1, 0.15) is 38.8 Å². The van der Waals surface area contributed by atoms with E-state index in [1.54, 1.807) is 12.1 Å². The van der Waals surface area contributed by atoms with Gasteiger partial charge in [-0.05, 0) is 24.3 Å². The number of carbonyl (C=O) groups excluding carboxylic acids is 2. The molecule has 0 saturated heterocycles. The van der Waals surface area contributed by atoms with Crippen LogP contribution in [0.5, 0.6) is 17.2 Å². The lowest BCUT2D eigenvalue weighted by molar-refractivity contribution is 0.0365. The van der Waals surface area contributed by atoms with Gasteiger partial charge in [0.05, 0.1) is 26.2 Å². The molecule has 25 heavy (non-hydrogen) atoms. The number of carbonyl (C=O) groups is 2. The number of phenols is 1. The van der Waals surface area contributed by atoms with Crippen molar-refractivity contribution in [2.24, 2.45) is 0 Å². The predicted molar refractivity (Wildman–Crippen MR) is 84.7 cm³/mol. The van der Waals surface area contributed by atoms with Crippen LogP contribution in [-0.2, 0) is 4.74 Å². The first-order valence-corrected chi connectivity index (χ1v) is 7.43. The van der Waals surface area contributed by atoms with E-state index in [4.69, 9.17) is 14.2 Å². The third-order valence-electron chi connectivity index (χ3n) is 4.01. The number of hydrogen-bond acceptors (Lipinski definition) is 6. The van der Waals surface area contributed by atoms with E-state index in [1.165, 1.54) is 14.2 Å². The second-order valence-electron chi connectivity index (χ2n) is 5.45. The van der Waals surface area contributed by atoms with E-state index in [1.807, 2.05) is 0 Å². The van der Waals surface area contributed by atoms with Crippen molar-refractivity contribution in [1.29, 1.82) is 0 Å². The van der Waals surface area contributed by atoms with E-state index in [0.717, 1.165) is 18.2 Å². The lowest BCUT2D eigenvalue weighted by Gasteiger charge is -2.12. The van der Waals surface area contributed by atoms with E-state index in [-0.39, 0.29) is 29.0 Å². The average Bonchev–Trinajstić information content (AvgIpc) is 2.91. The van der Waals surface area contributed by atoms with Crippen LogP contribution in [0, 0.1) is 5.82 Å². The molecule has 0 unspecified atom stereocenters. The van der Waals surface area contributed by atoms with Crippen LogP contribution >= 0.6 is 0 Å². The van der Waals surface area contributed by atoms with Crippen molar-refractivity contribution in [3.63, 3.8) is 0 Å². The highest BCUT2D eigenvalue weighted by Gasteiger charge is 2.37. The number of cyclic esters (lactones) is 1. The minimum atomic E-state index is -0.850. The van der Waals surface area contributed by atoms with Crippen molar-refractivity contribution in [1.82, 2.24) is 0 Å². The average molecular weight is 346 g/mol. The Morgan fingerprint density at radius 2 is 2.00 bits per heavy atom. The fourth-order valence-corrected chi connectivity index (χ4v) is 2.83. The normalized spacial score (nSPS) is 15.5. The van der Waals surface area contributed by atoms with E-state index in [2.05, 4.69) is 0 Å². The molecule has 0 spiro atoms. The molecule has 0 radical (unpaired) electrons. The number of esters is 1. The predicted octanol–water partition coefficient (Wildman–Crippen LogP) is 3.03. The SMILES string of the molecule is COc1ccc2c(c1OC)C(=O)O[C@H]2CC(=O)c1cc(F)ccc1O. The zero-order chi connectivity index (χ0) is 18.1. The van der Waals surface area contributed by atoms with Crippen LogP contribution in [0.2, 0.25) is 0 Å². The molecule has 3 rings (SSSR count). The van der Waals surface area contributed by atoms with E-state index in [9.17, 15) is 19.1 Å². The summed E-state index contributed by atoms with van der Waals surface area (Å²) >= 11 is 0. The van der Waals surface area contributed by atoms with Gasteiger partial charge in [0.25, 0.3) is 0 Å². The molecule has 1 aliphatic heterocycles. The third kappa shape index (κ3) is 2.88. The number of phenolic OH excluding ortho intramolecular Hbond substituents is 1. The number of halogens is 1. The molecule has 130 valence electrons. The van der Waals surface area contributed by atoms with Gasteiger partial charge in [-0.1, -0.05) is 6.07 Å². The molecule has 1 atom stereocenters. The number of benzene rings is 2. The number of ether oxygens (including phenoxy) is 3. The van der Waals surface area contributed by atoms with Crippen molar-refractivity contribution < 1.29 is 33.3 Å². The van der Waals surface area contributed by atoms with Gasteiger partial charge in [0, 0.05) is 5.56 Å². The fourth-order valence-electron chi connectivity index (χ4n) is 2.83. The summed E-state index contributed by atoms with van der Waals surface area (Å²) in [5.41, 5.74) is 0.514. The van der Waals surface area contributed by atoms with Crippen LogP contribution in [0.25, 0.3) is 0 Å². The summed E-state index contributed by atoms with van der Waals surface area (Å²) in [6.07, 6.45) is -1.08. The quantitative estimate of drug-likeness (QED) is 0.662. The minimum absolute atomic E-state index is 0.162. The smallest absolute Gasteiger partial charge is 0.343 e. The van der Waals surface area contributed by atoms with E-state index < -0.39 is 23.7 Å². The number of Topliss-reactive ketones (excluding diaryl/α,β-unsaturated/α-hetero) is 1. The highest BCUT2D eigenvalue weighted by Crippen LogP contribution is 2.43. The maximum atomic E-state index is 13.3. The van der Waals surface area contributed by atoms with Crippen molar-refractivity contribution in [2.75, 3.05) is 14.2 Å². The van der Waals surface area contributed by atoms with Gasteiger partial charge in [-0.25, -0.2) is 9.18 Å². The van der Waals surface area contributed by atoms with E-state index in [0.29, 0.717) is 11.3 Å². The number of fused-ring (bicyclic) bond motifs is 1. The molecule has 7 heteroatoms. The Morgan fingerprint density at radius 1 is 1.24 bits per heavy atom. The van der Waals surface area contributed by atoms with Crippen molar-refractivity contribution in [2.45, 2.75) is 12.5 Å². The van der Waals surface area contributed by atoms with Crippen LogP contribution in [0.15, 0.2) is 30.3 Å². The molecule has 1 heterocycles. The number of hydrogen-bond donors (Lipinski definition) is 1. The molecule has 0 aromatic heterocycles. The Hall–Kier alpha value is -3.09. The van der Waals surface area contributed by atoms with Crippen molar-refractivity contribution in [3.8, 4) is 17.2 Å². The highest BCUT2D eigenvalue weighted by molar-refractivity contribution is 6.02. The minimum Gasteiger partial charge on any atom is -0.507 e. The standard InChI is InChI=1S/C18H15FO6/c1-23-14-6-4-10-15(25-18(22)16(10)17(14)24-2)8-13(21)11-7-9(19)3-5-12(11)20/h3-7,15,20H,8H2,1-2H3/t15-/m0/s1. The zero-order valence-electron chi connectivity index (χ0n) is 13.5. The Bertz CT molecular complexity index is 861. The summed E-state index contributed by atoms with van der Waals surface area (Å²) in [5, 5.41) is 9.75. The van der Waals surface area contributed by atoms with Crippen LogP contribution in [0.3, 0.4) is 0 Å². The molecule has 2 aromatic rings. The fraction of sp³-hybridized carbons (Fsp3) is 0.222. The highest BCUT2D eigenvalue weighted by atomic mass is 19.1. The van der Waals surface area contributed by atoms with Gasteiger partial charge in [-0.3, -0.25) is 4.79 Å². The lowest BCUT2D eigenvalue weighted by Crippen LogP contribution is -2.08. The maximum absolute atomic E-state index is 13.3. The molecule has 0 aliphatic carbocycles. The molecule has 0 amide bonds. The summed E-state index contributed by atoms with van der Waals surface area (Å²) in [5.74, 6) is -1.55. The molecular weight excluding hydrogens is 331 g/mol. The number of ketones is 1. The monoisotopic (exact) mass is 346 g/mol. The second-order valence-corrected chi connectivity index (χ2v) is 5.45. The molecule has 0 saturated carbocycles. The van der Waals surface area contributed by atoms with Gasteiger partial charge in [0.2, 0.25) is 0 Å². The molecule has 0 fully saturated rings. The molecule has 0 bridgehead atoms. The molecule has 6 nitrogen and oxygen atoms in total. The van der Waals surface area contributed by atoms with Crippen molar-refractivity contribution in [3.05, 3.63) is 52.8 Å². The summed E-state index contributed by atoms with van der Waals surface area (Å²) in [6.45, 7) is 0. The van der Waals surface area contributed by atoms with Gasteiger partial charge in [-0.15, -0.1) is 0 Å². The molecule has 1 N–H and O–H groups in total. The van der Waals surface area contributed by atoms with Gasteiger partial charge in [-0.2, -0.15) is 0 Å². The third-order valence-corrected chi connectivity index (χ3v) is 4.01. The van der Waals surface area contributed by atoms with Crippen molar-refractivity contribution >= 4 is 11.8 Å². The molecule has 2 aromatic carbocycles. The van der Waals surface area contributed by atoms with Crippen LogP contribution in [-0.4, -0.2) is 31.1 Å². The second kappa shape index (κ2) is 6.43. The van der Waals surface area contributed by atoms with Gasteiger partial charge in [0.15, 0.2) is 17.3 Å². The maximum Gasteiger partial charge on any atom is 0.343 e. The topological polar surface area (TPSA) is 82.1 Å². The molecule has 1 aliphatic rings. The molecular formula is C18H15FO6. The summed E-state index contributed by atoms with van der Waals surface area (Å²) in [7, 11) is 2.84. The zero-order valence-corrected chi connectivity index (χ0v) is 13.5. The van der Waals surface area contributed by atoms with Crippen LogP contribution in [0.4, 0.5) is 4.39 Å². The Labute approximate surface area is 142 Å². The number of methoxy groups -OCH3 is 2. The lowest BCUT2D eigenvalue weighted by atomic mass is 9.97. The summed E-state index contributed by atoms with van der Waals surface area (Å²) in [4.78, 5) is 24.6. The summed E-state index contributed by atoms with van der Waals surface area (Å²) < 4.78 is 29.0. The van der Waals surface area contributed by atoms with Gasteiger partial charge >= 0.3 is 5.97 Å². The Morgan fingerprint density at radius 3 is 2.68 bits per heavy atom. The first kappa shape index (κ1) is 16.8. The largest absolute Gasteiger partial charge is 0.507 e. The van der Waals surface area contributed by atoms with Crippen LogP contribution < -0.4 is 9.47 Å². The Kier molecular flexibility index (Phi) is 4.31. The number of aromatic hydroxyl groups is 1. The van der Waals surface area contributed by atoms with Gasteiger partial charge in [0.1, 0.15) is 23.2 Å². The first-order valence-electron chi connectivity index (χ1n) is 7.43. The number of rotatable bonds is 5. The first-order chi connectivity index (χ1) is 12.0. The summed E-state index contributed by atoms with van der Waals surface area (Å²) in [6, 6.07) is 6.32. The van der Waals surface area contributed by atoms with E-state index >= 15 is 0 Å². The Balaban J connectivity index is 1.93. The van der Waals surface area contributed by atoms with Gasteiger partial charge < -0.3 is 19.3 Å².